The Kier molecular flexibility index (Phi) is 6.31. The van der Waals surface area contributed by atoms with Crippen molar-refractivity contribution in [2.75, 3.05) is 19.9 Å². The maximum absolute atomic E-state index is 15.1. The van der Waals surface area contributed by atoms with Crippen LogP contribution in [0.15, 0.2) is 17.3 Å². The van der Waals surface area contributed by atoms with Crippen LogP contribution in [0.25, 0.3) is 21.8 Å². The van der Waals surface area contributed by atoms with Crippen molar-refractivity contribution in [3.63, 3.8) is 0 Å². The van der Waals surface area contributed by atoms with Gasteiger partial charge in [0.2, 0.25) is 0 Å². The maximum Gasteiger partial charge on any atom is 0.410 e. The van der Waals surface area contributed by atoms with Gasteiger partial charge in [-0.2, -0.15) is 0 Å². The van der Waals surface area contributed by atoms with Crippen LogP contribution in [0.2, 0.25) is 5.15 Å². The van der Waals surface area contributed by atoms with Gasteiger partial charge >= 0.3 is 12.1 Å². The number of carbonyl (C=O) groups excluding carboxylic acids is 2. The zero-order valence-corrected chi connectivity index (χ0v) is 22.4. The summed E-state index contributed by atoms with van der Waals surface area (Å²) in [6, 6.07) is 1.91. The quantitative estimate of drug-likeness (QED) is 0.246. The molecule has 1 saturated carbocycles. The monoisotopic (exact) mass is 534 g/mol. The molecule has 3 aliphatic rings. The molecule has 192 valence electrons. The number of pyridine rings is 2. The first-order valence-electron chi connectivity index (χ1n) is 11.8. The Morgan fingerprint density at radius 1 is 1.31 bits per heavy atom. The molecular weight excluding hydrogens is 507 g/mol. The molecule has 2 aliphatic heterocycles. The van der Waals surface area contributed by atoms with Gasteiger partial charge in [0.15, 0.2) is 11.0 Å². The van der Waals surface area contributed by atoms with E-state index in [9.17, 15) is 9.59 Å². The Labute approximate surface area is 217 Å². The van der Waals surface area contributed by atoms with Gasteiger partial charge in [0.25, 0.3) is 0 Å². The number of carbonyl (C=O) groups is 2. The first-order chi connectivity index (χ1) is 17.0. The van der Waals surface area contributed by atoms with Crippen LogP contribution >= 0.6 is 23.4 Å². The van der Waals surface area contributed by atoms with E-state index in [4.69, 9.17) is 21.1 Å². The molecule has 8 nitrogen and oxygen atoms in total. The van der Waals surface area contributed by atoms with Gasteiger partial charge in [-0.25, -0.2) is 19.2 Å². The molecular formula is C25H28ClFN4O4S. The molecule has 1 aliphatic carbocycles. The predicted molar refractivity (Wildman–Crippen MR) is 136 cm³/mol. The van der Waals surface area contributed by atoms with Crippen molar-refractivity contribution in [3.05, 3.63) is 28.9 Å². The number of rotatable bonds is 5. The van der Waals surface area contributed by atoms with E-state index >= 15 is 4.39 Å². The van der Waals surface area contributed by atoms with Crippen LogP contribution in [-0.2, 0) is 20.7 Å². The lowest BCUT2D eigenvalue weighted by Gasteiger charge is -2.39. The molecule has 3 aromatic rings. The number of aryl methyl sites for hydroxylation is 1. The van der Waals surface area contributed by atoms with E-state index in [1.54, 1.807) is 11.1 Å². The van der Waals surface area contributed by atoms with Crippen LogP contribution in [0.5, 0.6) is 0 Å². The standard InChI is InChI=1S/C25H28ClFN4O4S/c1-25(2,3)35-24(33)30-11-12-8-16(30)20(12)31-13(6-7-17(32)34-4)9-14-21(31)15-10-28-22(26)18(27)19(15)29-23(14)36-5/h9-10,12,16,20H,6-8,11H2,1-5H3. The fraction of sp³-hybridized carbons (Fsp3) is 0.520. The van der Waals surface area contributed by atoms with Gasteiger partial charge in [0.1, 0.15) is 16.1 Å². The number of nitrogens with zero attached hydrogens (tertiary/aromatic N) is 4. The number of methoxy groups -OCH3 is 1. The molecule has 6 rings (SSSR count). The summed E-state index contributed by atoms with van der Waals surface area (Å²) >= 11 is 7.41. The molecule has 3 fully saturated rings. The lowest BCUT2D eigenvalue weighted by atomic mass is 9.79. The topological polar surface area (TPSA) is 86.5 Å². The molecule has 36 heavy (non-hydrogen) atoms. The van der Waals surface area contributed by atoms with Crippen molar-refractivity contribution in [1.29, 1.82) is 0 Å². The van der Waals surface area contributed by atoms with Crippen molar-refractivity contribution >= 4 is 57.2 Å². The van der Waals surface area contributed by atoms with Crippen LogP contribution < -0.4 is 0 Å². The SMILES string of the molecule is COC(=O)CCc1cc2c(SC)nc3c(F)c(Cl)ncc3c2n1C1C2CC1N(C(=O)OC(C)(C)C)C2. The number of esters is 1. The molecule has 11 heteroatoms. The average Bonchev–Trinajstić information content (AvgIpc) is 3.51. The van der Waals surface area contributed by atoms with Gasteiger partial charge in [-0.3, -0.25) is 4.79 Å². The summed E-state index contributed by atoms with van der Waals surface area (Å²) < 4.78 is 27.8. The van der Waals surface area contributed by atoms with E-state index in [1.807, 2.05) is 33.1 Å². The third-order valence-corrected chi connectivity index (χ3v) is 7.91. The summed E-state index contributed by atoms with van der Waals surface area (Å²) in [5, 5.41) is 1.83. The summed E-state index contributed by atoms with van der Waals surface area (Å²) in [6.07, 6.45) is 4.59. The van der Waals surface area contributed by atoms with E-state index in [1.165, 1.54) is 18.9 Å². The van der Waals surface area contributed by atoms with Crippen LogP contribution in [-0.4, -0.2) is 63.1 Å². The summed E-state index contributed by atoms with van der Waals surface area (Å²) in [6.45, 7) is 6.13. The highest BCUT2D eigenvalue weighted by Gasteiger charge is 2.56. The van der Waals surface area contributed by atoms with Crippen LogP contribution in [0.4, 0.5) is 9.18 Å². The highest BCUT2D eigenvalue weighted by molar-refractivity contribution is 7.98. The first kappa shape index (κ1) is 25.1. The second-order valence-corrected chi connectivity index (χ2v) is 11.4. The largest absolute Gasteiger partial charge is 0.469 e. The molecule has 0 N–H and O–H groups in total. The Morgan fingerprint density at radius 2 is 2.06 bits per heavy atom. The van der Waals surface area contributed by atoms with Crippen LogP contribution in [0, 0.1) is 11.7 Å². The molecule has 0 spiro atoms. The van der Waals surface area contributed by atoms with E-state index in [0.717, 1.165) is 23.0 Å². The number of fused-ring (bicyclic) bond motifs is 4. The fourth-order valence-corrected chi connectivity index (χ4v) is 6.14. The van der Waals surface area contributed by atoms with Crippen molar-refractivity contribution < 1.29 is 23.5 Å². The van der Waals surface area contributed by atoms with Crippen molar-refractivity contribution in [2.24, 2.45) is 5.92 Å². The van der Waals surface area contributed by atoms with Crippen LogP contribution in [0.3, 0.4) is 0 Å². The molecule has 3 atom stereocenters. The van der Waals surface area contributed by atoms with Gasteiger partial charge in [0.05, 0.1) is 31.1 Å². The first-order valence-corrected chi connectivity index (χ1v) is 13.4. The number of hydrogen-bond donors (Lipinski definition) is 0. The Balaban J connectivity index is 1.67. The number of amides is 1. The molecule has 3 unspecified atom stereocenters. The van der Waals surface area contributed by atoms with Crippen molar-refractivity contribution in [2.45, 2.75) is 62.7 Å². The second kappa shape index (κ2) is 9.06. The zero-order chi connectivity index (χ0) is 25.9. The number of aromatic nitrogens is 3. The van der Waals surface area contributed by atoms with Crippen LogP contribution in [0.1, 0.15) is 45.3 Å². The highest BCUT2D eigenvalue weighted by atomic mass is 35.5. The predicted octanol–water partition coefficient (Wildman–Crippen LogP) is 5.38. The Hall–Kier alpha value is -2.59. The Bertz CT molecular complexity index is 1390. The summed E-state index contributed by atoms with van der Waals surface area (Å²) in [7, 11) is 1.37. The van der Waals surface area contributed by atoms with Gasteiger partial charge in [0, 0.05) is 35.1 Å². The van der Waals surface area contributed by atoms with Gasteiger partial charge < -0.3 is 18.9 Å². The normalized spacial score (nSPS) is 21.2. The molecule has 2 bridgehead atoms. The minimum absolute atomic E-state index is 0.0401. The lowest BCUT2D eigenvalue weighted by molar-refractivity contribution is -0.140. The number of thioether (sulfide) groups is 1. The van der Waals surface area contributed by atoms with E-state index in [2.05, 4.69) is 14.5 Å². The van der Waals surface area contributed by atoms with E-state index in [0.29, 0.717) is 23.4 Å². The third-order valence-electron chi connectivity index (χ3n) is 6.95. The van der Waals surface area contributed by atoms with Crippen molar-refractivity contribution in [3.8, 4) is 0 Å². The number of ether oxygens (including phenoxy) is 2. The van der Waals surface area contributed by atoms with E-state index < -0.39 is 11.4 Å². The molecule has 1 amide bonds. The van der Waals surface area contributed by atoms with Gasteiger partial charge in [-0.1, -0.05) is 11.6 Å². The fourth-order valence-electron chi connectivity index (χ4n) is 5.44. The smallest absolute Gasteiger partial charge is 0.410 e. The molecule has 2 saturated heterocycles. The second-order valence-electron chi connectivity index (χ2n) is 10.3. The van der Waals surface area contributed by atoms with Gasteiger partial charge in [-0.05, 0) is 45.9 Å². The molecule has 0 radical (unpaired) electrons. The molecule has 5 heterocycles. The van der Waals surface area contributed by atoms with Gasteiger partial charge in [-0.15, -0.1) is 11.8 Å². The number of halogens is 2. The van der Waals surface area contributed by atoms with E-state index in [-0.39, 0.29) is 47.2 Å². The summed E-state index contributed by atoms with van der Waals surface area (Å²) in [5.41, 5.74) is 1.25. The number of hydrogen-bond acceptors (Lipinski definition) is 7. The average molecular weight is 535 g/mol. The summed E-state index contributed by atoms with van der Waals surface area (Å²) in [4.78, 5) is 35.4. The van der Waals surface area contributed by atoms with Crippen molar-refractivity contribution in [1.82, 2.24) is 19.4 Å². The minimum atomic E-state index is -0.665. The third kappa shape index (κ3) is 4.08. The molecule has 0 aromatic carbocycles. The minimum Gasteiger partial charge on any atom is -0.469 e. The molecule has 3 aromatic heterocycles. The highest BCUT2D eigenvalue weighted by Crippen LogP contribution is 2.52. The maximum atomic E-state index is 15.1. The summed E-state index contributed by atoms with van der Waals surface area (Å²) in [5.74, 6) is -0.769. The Morgan fingerprint density at radius 3 is 2.72 bits per heavy atom. The zero-order valence-electron chi connectivity index (χ0n) is 20.8. The lowest BCUT2D eigenvalue weighted by Crippen LogP contribution is -2.44.